The van der Waals surface area contributed by atoms with Crippen LogP contribution >= 0.6 is 11.3 Å². The Kier molecular flexibility index (Phi) is 5.54. The number of amides is 1. The van der Waals surface area contributed by atoms with Crippen LogP contribution in [-0.2, 0) is 4.79 Å². The molecule has 1 heterocycles. The van der Waals surface area contributed by atoms with Crippen LogP contribution in [0.3, 0.4) is 0 Å². The average molecular weight is 295 g/mol. The molecule has 1 aliphatic carbocycles. The van der Waals surface area contributed by atoms with E-state index in [2.05, 4.69) is 17.2 Å². The largest absolute Gasteiger partial charge is 0.346 e. The summed E-state index contributed by atoms with van der Waals surface area (Å²) in [6, 6.07) is 0.0224. The maximum Gasteiger partial charge on any atom is 0.228 e. The van der Waals surface area contributed by atoms with Crippen molar-refractivity contribution >= 4 is 17.2 Å². The van der Waals surface area contributed by atoms with E-state index in [4.69, 9.17) is 5.73 Å². The van der Waals surface area contributed by atoms with Crippen LogP contribution in [0.25, 0.3) is 0 Å². The van der Waals surface area contributed by atoms with Crippen LogP contribution < -0.4 is 11.1 Å². The van der Waals surface area contributed by atoms with Crippen LogP contribution in [0.1, 0.15) is 62.9 Å². The number of nitrogens with zero attached hydrogens (tertiary/aromatic N) is 1. The SMILES string of the molecule is CCC(NC(=O)C1(CN)CCCCCC1)c1nccs1. The standard InChI is InChI=1S/C15H25N3OS/c1-2-12(13-17-9-10-20-13)18-14(19)15(11-16)7-5-3-4-6-8-15/h9-10,12H,2-8,11,16H2,1H3,(H,18,19). The van der Waals surface area contributed by atoms with E-state index in [1.165, 1.54) is 12.8 Å². The van der Waals surface area contributed by atoms with E-state index < -0.39 is 0 Å². The van der Waals surface area contributed by atoms with Gasteiger partial charge >= 0.3 is 0 Å². The summed E-state index contributed by atoms with van der Waals surface area (Å²) in [7, 11) is 0. The molecule has 1 aromatic rings. The quantitative estimate of drug-likeness (QED) is 0.821. The molecule has 1 aromatic heterocycles. The van der Waals surface area contributed by atoms with Crippen molar-refractivity contribution in [2.75, 3.05) is 6.54 Å². The van der Waals surface area contributed by atoms with Crippen molar-refractivity contribution in [3.8, 4) is 0 Å². The topological polar surface area (TPSA) is 68.0 Å². The molecule has 0 bridgehead atoms. The summed E-state index contributed by atoms with van der Waals surface area (Å²) in [6.45, 7) is 2.53. The van der Waals surface area contributed by atoms with Crippen molar-refractivity contribution < 1.29 is 4.79 Å². The highest BCUT2D eigenvalue weighted by atomic mass is 32.1. The van der Waals surface area contributed by atoms with Crippen molar-refractivity contribution in [3.63, 3.8) is 0 Å². The molecule has 1 saturated carbocycles. The molecule has 5 heteroatoms. The molecule has 0 aliphatic heterocycles. The Bertz CT molecular complexity index is 411. The number of aromatic nitrogens is 1. The van der Waals surface area contributed by atoms with Gasteiger partial charge in [0.1, 0.15) is 5.01 Å². The molecule has 1 amide bonds. The summed E-state index contributed by atoms with van der Waals surface area (Å²) < 4.78 is 0. The second-order valence-electron chi connectivity index (χ2n) is 5.70. The Morgan fingerprint density at radius 1 is 1.45 bits per heavy atom. The molecule has 2 rings (SSSR count). The van der Waals surface area contributed by atoms with Crippen molar-refractivity contribution in [1.82, 2.24) is 10.3 Å². The van der Waals surface area contributed by atoms with Crippen LogP contribution in [0.4, 0.5) is 0 Å². The summed E-state index contributed by atoms with van der Waals surface area (Å²) in [5.74, 6) is 0.129. The molecule has 1 atom stereocenters. The third-order valence-electron chi connectivity index (χ3n) is 4.40. The van der Waals surface area contributed by atoms with Gasteiger partial charge in [-0.25, -0.2) is 4.98 Å². The van der Waals surface area contributed by atoms with Gasteiger partial charge in [-0.05, 0) is 19.3 Å². The number of hydrogen-bond acceptors (Lipinski definition) is 4. The van der Waals surface area contributed by atoms with Crippen LogP contribution in [0, 0.1) is 5.41 Å². The lowest BCUT2D eigenvalue weighted by molar-refractivity contribution is -0.132. The second-order valence-corrected chi connectivity index (χ2v) is 6.63. The molecule has 0 spiro atoms. The van der Waals surface area contributed by atoms with E-state index in [-0.39, 0.29) is 17.4 Å². The molecule has 20 heavy (non-hydrogen) atoms. The fourth-order valence-corrected chi connectivity index (χ4v) is 3.76. The molecule has 4 nitrogen and oxygen atoms in total. The second kappa shape index (κ2) is 7.18. The lowest BCUT2D eigenvalue weighted by Gasteiger charge is -2.31. The van der Waals surface area contributed by atoms with Gasteiger partial charge in [-0.15, -0.1) is 11.3 Å². The summed E-state index contributed by atoms with van der Waals surface area (Å²) >= 11 is 1.60. The summed E-state index contributed by atoms with van der Waals surface area (Å²) in [5, 5.41) is 6.13. The monoisotopic (exact) mass is 295 g/mol. The molecular formula is C15H25N3OS. The van der Waals surface area contributed by atoms with E-state index >= 15 is 0 Å². The Morgan fingerprint density at radius 2 is 2.15 bits per heavy atom. The maximum atomic E-state index is 12.8. The number of hydrogen-bond donors (Lipinski definition) is 2. The molecule has 1 unspecified atom stereocenters. The smallest absolute Gasteiger partial charge is 0.228 e. The zero-order valence-electron chi connectivity index (χ0n) is 12.2. The number of nitrogens with one attached hydrogen (secondary N) is 1. The zero-order valence-corrected chi connectivity index (χ0v) is 13.0. The van der Waals surface area contributed by atoms with E-state index in [1.54, 1.807) is 17.5 Å². The van der Waals surface area contributed by atoms with Crippen LogP contribution in [0.2, 0.25) is 0 Å². The summed E-state index contributed by atoms with van der Waals surface area (Å²) in [4.78, 5) is 17.1. The minimum Gasteiger partial charge on any atom is -0.346 e. The van der Waals surface area contributed by atoms with Crippen molar-refractivity contribution in [2.24, 2.45) is 11.1 Å². The Labute approximate surface area is 125 Å². The number of carbonyl (C=O) groups is 1. The van der Waals surface area contributed by atoms with Gasteiger partial charge in [0.05, 0.1) is 11.5 Å². The van der Waals surface area contributed by atoms with Gasteiger partial charge in [-0.2, -0.15) is 0 Å². The van der Waals surface area contributed by atoms with Gasteiger partial charge in [-0.3, -0.25) is 4.79 Å². The number of thiazole rings is 1. The highest BCUT2D eigenvalue weighted by molar-refractivity contribution is 7.09. The third kappa shape index (κ3) is 3.38. The van der Waals surface area contributed by atoms with Crippen LogP contribution in [0.5, 0.6) is 0 Å². The predicted molar refractivity (Wildman–Crippen MR) is 82.5 cm³/mol. The van der Waals surface area contributed by atoms with Gasteiger partial charge in [0.15, 0.2) is 0 Å². The summed E-state index contributed by atoms with van der Waals surface area (Å²) in [5.41, 5.74) is 5.61. The van der Waals surface area contributed by atoms with Gasteiger partial charge in [0.2, 0.25) is 5.91 Å². The maximum absolute atomic E-state index is 12.8. The molecule has 3 N–H and O–H groups in total. The molecule has 0 aromatic carbocycles. The Balaban J connectivity index is 2.08. The average Bonchev–Trinajstić information content (AvgIpc) is 2.89. The zero-order chi connectivity index (χ0) is 14.4. The first kappa shape index (κ1) is 15.4. The van der Waals surface area contributed by atoms with Crippen molar-refractivity contribution in [3.05, 3.63) is 16.6 Å². The normalized spacial score (nSPS) is 20.1. The molecule has 0 radical (unpaired) electrons. The van der Waals surface area contributed by atoms with Gasteiger partial charge in [-0.1, -0.05) is 32.6 Å². The first-order chi connectivity index (χ1) is 9.72. The fourth-order valence-electron chi connectivity index (χ4n) is 2.99. The first-order valence-corrected chi connectivity index (χ1v) is 8.50. The fraction of sp³-hybridized carbons (Fsp3) is 0.733. The van der Waals surface area contributed by atoms with E-state index in [0.717, 1.165) is 37.1 Å². The van der Waals surface area contributed by atoms with E-state index in [9.17, 15) is 4.79 Å². The Hall–Kier alpha value is -0.940. The van der Waals surface area contributed by atoms with Crippen LogP contribution in [-0.4, -0.2) is 17.4 Å². The van der Waals surface area contributed by atoms with Gasteiger partial charge in [0.25, 0.3) is 0 Å². The summed E-state index contributed by atoms with van der Waals surface area (Å²) in [6.07, 6.45) is 9.15. The minimum absolute atomic E-state index is 0.0224. The molecular weight excluding hydrogens is 270 g/mol. The van der Waals surface area contributed by atoms with Gasteiger partial charge in [0, 0.05) is 18.1 Å². The predicted octanol–water partition coefficient (Wildman–Crippen LogP) is 3.01. The van der Waals surface area contributed by atoms with Gasteiger partial charge < -0.3 is 11.1 Å². The third-order valence-corrected chi connectivity index (χ3v) is 5.29. The highest BCUT2D eigenvalue weighted by Gasteiger charge is 2.38. The number of nitrogens with two attached hydrogens (primary N) is 1. The molecule has 0 saturated heterocycles. The molecule has 1 aliphatic rings. The highest BCUT2D eigenvalue weighted by Crippen LogP contribution is 2.35. The Morgan fingerprint density at radius 3 is 2.65 bits per heavy atom. The van der Waals surface area contributed by atoms with E-state index in [0.29, 0.717) is 6.54 Å². The first-order valence-electron chi connectivity index (χ1n) is 7.62. The molecule has 1 fully saturated rings. The van der Waals surface area contributed by atoms with E-state index in [1.807, 2.05) is 5.38 Å². The minimum atomic E-state index is -0.360. The number of rotatable bonds is 5. The van der Waals surface area contributed by atoms with Crippen LogP contribution in [0.15, 0.2) is 11.6 Å². The lowest BCUT2D eigenvalue weighted by Crippen LogP contribution is -2.46. The lowest BCUT2D eigenvalue weighted by atomic mass is 9.79. The van der Waals surface area contributed by atoms with Crippen molar-refractivity contribution in [1.29, 1.82) is 0 Å². The molecule has 112 valence electrons. The van der Waals surface area contributed by atoms with Crippen molar-refractivity contribution in [2.45, 2.75) is 57.9 Å². The number of carbonyl (C=O) groups excluding carboxylic acids is 1.